The highest BCUT2D eigenvalue weighted by atomic mass is 16.5. The summed E-state index contributed by atoms with van der Waals surface area (Å²) in [6.07, 6.45) is 10.4. The van der Waals surface area contributed by atoms with Crippen molar-refractivity contribution in [2.75, 3.05) is 6.61 Å². The number of ether oxygens (including phenoxy) is 1. The van der Waals surface area contributed by atoms with Gasteiger partial charge in [-0.05, 0) is 60.6 Å². The van der Waals surface area contributed by atoms with E-state index in [9.17, 15) is 0 Å². The van der Waals surface area contributed by atoms with E-state index in [1.165, 1.54) is 47.1 Å². The molecular weight excluding hydrogens is 304 g/mol. The van der Waals surface area contributed by atoms with E-state index in [1.54, 1.807) is 0 Å². The molecule has 0 spiro atoms. The molecule has 0 bridgehead atoms. The second kappa shape index (κ2) is 10.1. The molecule has 2 aromatic rings. The van der Waals surface area contributed by atoms with Crippen LogP contribution in [0.2, 0.25) is 0 Å². The lowest BCUT2D eigenvalue weighted by Crippen LogP contribution is -2.00. The van der Waals surface area contributed by atoms with E-state index in [0.717, 1.165) is 25.2 Å². The van der Waals surface area contributed by atoms with Crippen molar-refractivity contribution in [2.24, 2.45) is 0 Å². The first kappa shape index (κ1) is 19.3. The van der Waals surface area contributed by atoms with Crippen LogP contribution in [0.25, 0.3) is 12.2 Å². The SMILES string of the molecule is CCCCCCOc1ccc(C=Cc2ccc(CC)cc2)c(C)c1C. The molecule has 25 heavy (non-hydrogen) atoms. The highest BCUT2D eigenvalue weighted by Gasteiger charge is 2.05. The molecule has 0 heterocycles. The van der Waals surface area contributed by atoms with Gasteiger partial charge in [-0.15, -0.1) is 0 Å². The standard InChI is InChI=1S/C24H32O/c1-5-7-8-9-18-25-24-17-16-23(19(3)20(24)4)15-14-22-12-10-21(6-2)11-13-22/h10-17H,5-9,18H2,1-4H3. The molecule has 0 atom stereocenters. The van der Waals surface area contributed by atoms with E-state index in [2.05, 4.69) is 76.2 Å². The van der Waals surface area contributed by atoms with Gasteiger partial charge < -0.3 is 4.74 Å². The molecule has 0 radical (unpaired) electrons. The minimum Gasteiger partial charge on any atom is -0.493 e. The maximum atomic E-state index is 5.98. The topological polar surface area (TPSA) is 9.23 Å². The Morgan fingerprint density at radius 2 is 1.56 bits per heavy atom. The van der Waals surface area contributed by atoms with Crippen molar-refractivity contribution in [1.82, 2.24) is 0 Å². The number of rotatable bonds is 9. The molecule has 0 saturated heterocycles. The van der Waals surface area contributed by atoms with Crippen LogP contribution in [0, 0.1) is 13.8 Å². The van der Waals surface area contributed by atoms with Crippen molar-refractivity contribution in [3.05, 3.63) is 64.2 Å². The predicted octanol–water partition coefficient (Wildman–Crippen LogP) is 7.00. The molecule has 0 amide bonds. The van der Waals surface area contributed by atoms with Gasteiger partial charge in [-0.1, -0.05) is 75.6 Å². The Morgan fingerprint density at radius 3 is 2.24 bits per heavy atom. The minimum atomic E-state index is 0.819. The van der Waals surface area contributed by atoms with Gasteiger partial charge >= 0.3 is 0 Å². The van der Waals surface area contributed by atoms with Crippen molar-refractivity contribution >= 4 is 12.2 Å². The van der Waals surface area contributed by atoms with Gasteiger partial charge in [0.1, 0.15) is 5.75 Å². The van der Waals surface area contributed by atoms with Crippen molar-refractivity contribution < 1.29 is 4.74 Å². The molecule has 0 aromatic heterocycles. The fourth-order valence-electron chi connectivity index (χ4n) is 2.92. The third-order valence-electron chi connectivity index (χ3n) is 4.88. The number of unbranched alkanes of at least 4 members (excludes halogenated alkanes) is 3. The van der Waals surface area contributed by atoms with Gasteiger partial charge in [0.15, 0.2) is 0 Å². The summed E-state index contributed by atoms with van der Waals surface area (Å²) in [7, 11) is 0. The van der Waals surface area contributed by atoms with Crippen LogP contribution in [0.5, 0.6) is 5.75 Å². The lowest BCUT2D eigenvalue weighted by molar-refractivity contribution is 0.303. The summed E-state index contributed by atoms with van der Waals surface area (Å²) in [5.41, 5.74) is 6.43. The van der Waals surface area contributed by atoms with Gasteiger partial charge in [-0.2, -0.15) is 0 Å². The summed E-state index contributed by atoms with van der Waals surface area (Å²) in [5.74, 6) is 1.03. The van der Waals surface area contributed by atoms with E-state index in [-0.39, 0.29) is 0 Å². The number of benzene rings is 2. The Labute approximate surface area is 153 Å². The molecule has 0 aliphatic carbocycles. The lowest BCUT2D eigenvalue weighted by Gasteiger charge is -2.13. The first-order valence-corrected chi connectivity index (χ1v) is 9.65. The molecule has 1 heteroatoms. The predicted molar refractivity (Wildman–Crippen MR) is 110 cm³/mol. The number of aryl methyl sites for hydroxylation is 1. The monoisotopic (exact) mass is 336 g/mol. The lowest BCUT2D eigenvalue weighted by atomic mass is 10.0. The molecule has 2 aromatic carbocycles. The first-order valence-electron chi connectivity index (χ1n) is 9.65. The van der Waals surface area contributed by atoms with Crippen LogP contribution in [-0.2, 0) is 6.42 Å². The Hall–Kier alpha value is -2.02. The van der Waals surface area contributed by atoms with E-state index in [1.807, 2.05) is 0 Å². The molecule has 0 unspecified atom stereocenters. The number of hydrogen-bond donors (Lipinski definition) is 0. The zero-order valence-electron chi connectivity index (χ0n) is 16.3. The van der Waals surface area contributed by atoms with E-state index in [0.29, 0.717) is 0 Å². The van der Waals surface area contributed by atoms with Crippen LogP contribution in [0.4, 0.5) is 0 Å². The molecule has 0 aliphatic rings. The normalized spacial score (nSPS) is 11.2. The van der Waals surface area contributed by atoms with Crippen molar-refractivity contribution in [1.29, 1.82) is 0 Å². The van der Waals surface area contributed by atoms with Crippen LogP contribution in [0.1, 0.15) is 67.3 Å². The smallest absolute Gasteiger partial charge is 0.122 e. The first-order chi connectivity index (χ1) is 12.2. The summed E-state index contributed by atoms with van der Waals surface area (Å²) < 4.78 is 5.98. The molecule has 0 saturated carbocycles. The van der Waals surface area contributed by atoms with Crippen LogP contribution in [0.15, 0.2) is 36.4 Å². The highest BCUT2D eigenvalue weighted by molar-refractivity contribution is 5.72. The highest BCUT2D eigenvalue weighted by Crippen LogP contribution is 2.26. The van der Waals surface area contributed by atoms with Gasteiger partial charge in [-0.3, -0.25) is 0 Å². The van der Waals surface area contributed by atoms with Gasteiger partial charge in [0, 0.05) is 0 Å². The molecule has 0 fully saturated rings. The van der Waals surface area contributed by atoms with E-state index in [4.69, 9.17) is 4.74 Å². The van der Waals surface area contributed by atoms with Crippen molar-refractivity contribution in [3.8, 4) is 5.75 Å². The van der Waals surface area contributed by atoms with Crippen molar-refractivity contribution in [2.45, 2.75) is 59.8 Å². The van der Waals surface area contributed by atoms with Gasteiger partial charge in [0.25, 0.3) is 0 Å². The zero-order valence-corrected chi connectivity index (χ0v) is 16.3. The summed E-state index contributed by atoms with van der Waals surface area (Å²) in [5, 5.41) is 0. The molecule has 0 aliphatic heterocycles. The Balaban J connectivity index is 2.01. The average molecular weight is 337 g/mol. The fraction of sp³-hybridized carbons (Fsp3) is 0.417. The Bertz CT molecular complexity index is 680. The van der Waals surface area contributed by atoms with Crippen LogP contribution >= 0.6 is 0 Å². The minimum absolute atomic E-state index is 0.819. The van der Waals surface area contributed by atoms with Crippen LogP contribution in [-0.4, -0.2) is 6.61 Å². The summed E-state index contributed by atoms with van der Waals surface area (Å²) in [6.45, 7) is 9.58. The average Bonchev–Trinajstić information content (AvgIpc) is 2.64. The maximum Gasteiger partial charge on any atom is 0.122 e. The summed E-state index contributed by atoms with van der Waals surface area (Å²) in [4.78, 5) is 0. The molecule has 1 nitrogen and oxygen atoms in total. The van der Waals surface area contributed by atoms with Crippen LogP contribution < -0.4 is 4.74 Å². The van der Waals surface area contributed by atoms with Crippen molar-refractivity contribution in [3.63, 3.8) is 0 Å². The van der Waals surface area contributed by atoms with Gasteiger partial charge in [-0.25, -0.2) is 0 Å². The Morgan fingerprint density at radius 1 is 0.800 bits per heavy atom. The molecule has 2 rings (SSSR count). The molecular formula is C24H32O. The molecule has 134 valence electrons. The fourth-order valence-corrected chi connectivity index (χ4v) is 2.92. The quantitative estimate of drug-likeness (QED) is 0.354. The zero-order chi connectivity index (χ0) is 18.1. The second-order valence-corrected chi connectivity index (χ2v) is 6.74. The maximum absolute atomic E-state index is 5.98. The summed E-state index contributed by atoms with van der Waals surface area (Å²) >= 11 is 0. The summed E-state index contributed by atoms with van der Waals surface area (Å²) in [6, 6.07) is 13.1. The largest absolute Gasteiger partial charge is 0.493 e. The third kappa shape index (κ3) is 5.77. The van der Waals surface area contributed by atoms with E-state index < -0.39 is 0 Å². The van der Waals surface area contributed by atoms with Crippen LogP contribution in [0.3, 0.4) is 0 Å². The Kier molecular flexibility index (Phi) is 7.78. The molecule has 0 N–H and O–H groups in total. The van der Waals surface area contributed by atoms with Gasteiger partial charge in [0.05, 0.1) is 6.61 Å². The van der Waals surface area contributed by atoms with E-state index >= 15 is 0 Å². The van der Waals surface area contributed by atoms with Gasteiger partial charge in [0.2, 0.25) is 0 Å². The number of hydrogen-bond acceptors (Lipinski definition) is 1. The third-order valence-corrected chi connectivity index (χ3v) is 4.88. The second-order valence-electron chi connectivity index (χ2n) is 6.74.